The third-order valence-electron chi connectivity index (χ3n) is 4.36. The Kier molecular flexibility index (Phi) is 2.78. The number of carbonyl (C=O) groups excluding carboxylic acids is 1. The lowest BCUT2D eigenvalue weighted by molar-refractivity contribution is -0.158. The first-order valence-corrected chi connectivity index (χ1v) is 6.13. The molecule has 0 spiro atoms. The summed E-state index contributed by atoms with van der Waals surface area (Å²) in [5, 5.41) is 0. The minimum atomic E-state index is 0.190. The molecule has 3 saturated carbocycles. The summed E-state index contributed by atoms with van der Waals surface area (Å²) in [6.07, 6.45) is 5.39. The molecule has 0 radical (unpaired) electrons. The zero-order chi connectivity index (χ0) is 11.1. The van der Waals surface area contributed by atoms with E-state index in [0.29, 0.717) is 18.3 Å². The molecule has 86 valence electrons. The van der Waals surface area contributed by atoms with Gasteiger partial charge in [-0.2, -0.15) is 0 Å². The van der Waals surface area contributed by atoms with Crippen molar-refractivity contribution in [2.45, 2.75) is 52.6 Å². The summed E-state index contributed by atoms with van der Waals surface area (Å²) >= 11 is 0. The lowest BCUT2D eigenvalue weighted by atomic mass is 9.56. The molecule has 2 nitrogen and oxygen atoms in total. The van der Waals surface area contributed by atoms with Crippen LogP contribution in [0.15, 0.2) is 0 Å². The van der Waals surface area contributed by atoms with Crippen LogP contribution in [0, 0.1) is 23.2 Å². The van der Waals surface area contributed by atoms with Gasteiger partial charge < -0.3 is 4.74 Å². The van der Waals surface area contributed by atoms with Crippen LogP contribution in [0.1, 0.15) is 46.5 Å². The van der Waals surface area contributed by atoms with Gasteiger partial charge in [0.2, 0.25) is 0 Å². The lowest BCUT2D eigenvalue weighted by Crippen LogP contribution is -2.50. The Morgan fingerprint density at radius 3 is 2.07 bits per heavy atom. The fourth-order valence-corrected chi connectivity index (χ4v) is 3.85. The first-order valence-electron chi connectivity index (χ1n) is 6.13. The van der Waals surface area contributed by atoms with Crippen LogP contribution in [-0.4, -0.2) is 12.6 Å². The van der Waals surface area contributed by atoms with Crippen molar-refractivity contribution < 1.29 is 9.53 Å². The van der Waals surface area contributed by atoms with Crippen molar-refractivity contribution in [2.24, 2.45) is 23.2 Å². The fraction of sp³-hybridized carbons (Fsp3) is 0.923. The van der Waals surface area contributed by atoms with Gasteiger partial charge in [-0.05, 0) is 42.9 Å². The number of rotatable bonds is 2. The Bertz CT molecular complexity index is 233. The molecular formula is C13H22O2. The van der Waals surface area contributed by atoms with Gasteiger partial charge in [-0.25, -0.2) is 0 Å². The Labute approximate surface area is 92.4 Å². The van der Waals surface area contributed by atoms with Gasteiger partial charge in [0.25, 0.3) is 6.47 Å². The average Bonchev–Trinajstić information content (AvgIpc) is 2.18. The molecular weight excluding hydrogens is 188 g/mol. The number of fused-ring (bicyclic) bond motifs is 3. The molecule has 0 aliphatic heterocycles. The van der Waals surface area contributed by atoms with Crippen molar-refractivity contribution in [1.82, 2.24) is 0 Å². The van der Waals surface area contributed by atoms with Crippen molar-refractivity contribution in [3.05, 3.63) is 0 Å². The van der Waals surface area contributed by atoms with Gasteiger partial charge in [0, 0.05) is 5.92 Å². The predicted octanol–water partition coefficient (Wildman–Crippen LogP) is 3.01. The van der Waals surface area contributed by atoms with Gasteiger partial charge in [0.15, 0.2) is 0 Å². The van der Waals surface area contributed by atoms with E-state index in [1.54, 1.807) is 0 Å². The molecule has 2 unspecified atom stereocenters. The molecule has 2 heteroatoms. The third kappa shape index (κ3) is 1.91. The van der Waals surface area contributed by atoms with Crippen LogP contribution in [0.25, 0.3) is 0 Å². The Balaban J connectivity index is 2.20. The number of carbonyl (C=O) groups is 1. The van der Waals surface area contributed by atoms with Crippen LogP contribution in [0.5, 0.6) is 0 Å². The normalized spacial score (nSPS) is 40.2. The SMILES string of the molecule is CC(C)(C)C1C2CCC(CC2)C1OC=O. The second-order valence-electron chi connectivity index (χ2n) is 6.26. The molecule has 0 aromatic carbocycles. The molecule has 0 N–H and O–H groups in total. The van der Waals surface area contributed by atoms with Gasteiger partial charge in [0.1, 0.15) is 6.10 Å². The predicted molar refractivity (Wildman–Crippen MR) is 59.3 cm³/mol. The molecule has 0 heterocycles. The van der Waals surface area contributed by atoms with Gasteiger partial charge in [0.05, 0.1) is 0 Å². The van der Waals surface area contributed by atoms with Crippen molar-refractivity contribution in [1.29, 1.82) is 0 Å². The third-order valence-corrected chi connectivity index (χ3v) is 4.36. The van der Waals surface area contributed by atoms with Crippen molar-refractivity contribution in [3.63, 3.8) is 0 Å². The summed E-state index contributed by atoms with van der Waals surface area (Å²) in [7, 11) is 0. The molecule has 3 aliphatic rings. The van der Waals surface area contributed by atoms with Gasteiger partial charge in [-0.3, -0.25) is 4.79 Å². The second kappa shape index (κ2) is 3.80. The number of hydrogen-bond donors (Lipinski definition) is 0. The molecule has 15 heavy (non-hydrogen) atoms. The molecule has 0 saturated heterocycles. The largest absolute Gasteiger partial charge is 0.464 e. The molecule has 2 atom stereocenters. The number of hydrogen-bond acceptors (Lipinski definition) is 2. The Morgan fingerprint density at radius 2 is 1.60 bits per heavy atom. The zero-order valence-corrected chi connectivity index (χ0v) is 10.0. The van der Waals surface area contributed by atoms with E-state index >= 15 is 0 Å². The van der Waals surface area contributed by atoms with E-state index in [4.69, 9.17) is 4.74 Å². The highest BCUT2D eigenvalue weighted by atomic mass is 16.5. The molecule has 2 bridgehead atoms. The van der Waals surface area contributed by atoms with Crippen LogP contribution in [0.2, 0.25) is 0 Å². The van der Waals surface area contributed by atoms with Gasteiger partial charge in [-0.1, -0.05) is 20.8 Å². The summed E-state index contributed by atoms with van der Waals surface area (Å²) in [6.45, 7) is 7.49. The highest BCUT2D eigenvalue weighted by Crippen LogP contribution is 2.52. The van der Waals surface area contributed by atoms with Crippen LogP contribution in [0.4, 0.5) is 0 Å². The highest BCUT2D eigenvalue weighted by molar-refractivity contribution is 5.38. The van der Waals surface area contributed by atoms with Crippen LogP contribution < -0.4 is 0 Å². The maximum Gasteiger partial charge on any atom is 0.293 e. The quantitative estimate of drug-likeness (QED) is 0.655. The summed E-state index contributed by atoms with van der Waals surface area (Å²) in [6, 6.07) is 0. The molecule has 3 rings (SSSR count). The maximum atomic E-state index is 10.6. The topological polar surface area (TPSA) is 26.3 Å². The van der Waals surface area contributed by atoms with E-state index in [1.807, 2.05) is 0 Å². The van der Waals surface area contributed by atoms with Crippen LogP contribution >= 0.6 is 0 Å². The standard InChI is InChI=1S/C13H22O2/c1-13(2,3)11-9-4-6-10(7-5-9)12(11)15-8-14/h8-12H,4-7H2,1-3H3. The summed E-state index contributed by atoms with van der Waals surface area (Å²) < 4.78 is 5.38. The Morgan fingerprint density at radius 1 is 1.07 bits per heavy atom. The minimum absolute atomic E-state index is 0.190. The zero-order valence-electron chi connectivity index (χ0n) is 10.0. The van der Waals surface area contributed by atoms with Crippen molar-refractivity contribution >= 4 is 6.47 Å². The van der Waals surface area contributed by atoms with Gasteiger partial charge >= 0.3 is 0 Å². The summed E-state index contributed by atoms with van der Waals surface area (Å²) in [4.78, 5) is 10.6. The van der Waals surface area contributed by atoms with Crippen molar-refractivity contribution in [3.8, 4) is 0 Å². The fourth-order valence-electron chi connectivity index (χ4n) is 3.85. The van der Waals surface area contributed by atoms with E-state index < -0.39 is 0 Å². The summed E-state index contributed by atoms with van der Waals surface area (Å²) in [5.74, 6) is 1.97. The van der Waals surface area contributed by atoms with E-state index in [9.17, 15) is 4.79 Å². The lowest BCUT2D eigenvalue weighted by Gasteiger charge is -2.52. The molecule has 0 aromatic heterocycles. The summed E-state index contributed by atoms with van der Waals surface area (Å²) in [5.41, 5.74) is 0.261. The maximum absolute atomic E-state index is 10.6. The monoisotopic (exact) mass is 210 g/mol. The van der Waals surface area contributed by atoms with Crippen LogP contribution in [0.3, 0.4) is 0 Å². The van der Waals surface area contributed by atoms with E-state index in [1.165, 1.54) is 25.7 Å². The number of ether oxygens (including phenoxy) is 1. The molecule has 3 fully saturated rings. The van der Waals surface area contributed by atoms with Crippen LogP contribution in [-0.2, 0) is 9.53 Å². The molecule has 0 aromatic rings. The van der Waals surface area contributed by atoms with E-state index in [0.717, 1.165) is 5.92 Å². The second-order valence-corrected chi connectivity index (χ2v) is 6.26. The van der Waals surface area contributed by atoms with Crippen molar-refractivity contribution in [2.75, 3.05) is 0 Å². The Hall–Kier alpha value is -0.530. The molecule has 3 aliphatic carbocycles. The average molecular weight is 210 g/mol. The first kappa shape index (κ1) is 11.0. The first-order chi connectivity index (χ1) is 7.04. The van der Waals surface area contributed by atoms with Gasteiger partial charge in [-0.15, -0.1) is 0 Å². The van der Waals surface area contributed by atoms with E-state index in [-0.39, 0.29) is 11.5 Å². The minimum Gasteiger partial charge on any atom is -0.464 e. The smallest absolute Gasteiger partial charge is 0.293 e. The van der Waals surface area contributed by atoms with E-state index in [2.05, 4.69) is 20.8 Å². The highest BCUT2D eigenvalue weighted by Gasteiger charge is 2.49. The molecule has 0 amide bonds.